The number of amides is 1. The van der Waals surface area contributed by atoms with Crippen molar-refractivity contribution in [3.63, 3.8) is 0 Å². The van der Waals surface area contributed by atoms with E-state index in [0.717, 1.165) is 5.56 Å². The number of nitrogens with one attached hydrogen (secondary N) is 1. The summed E-state index contributed by atoms with van der Waals surface area (Å²) in [6, 6.07) is 14.5. The first-order chi connectivity index (χ1) is 10.1. The molecular weight excluding hydrogens is 266 g/mol. The second-order valence-corrected chi connectivity index (χ2v) is 4.62. The van der Waals surface area contributed by atoms with Crippen LogP contribution < -0.4 is 11.1 Å². The highest BCUT2D eigenvalue weighted by Crippen LogP contribution is 2.15. The molecule has 5 heteroatoms. The maximum atomic E-state index is 12.1. The van der Waals surface area contributed by atoms with Crippen LogP contribution in [0, 0.1) is 11.3 Å². The molecule has 0 saturated heterocycles. The molecule has 0 radical (unpaired) electrons. The molecule has 0 bridgehead atoms. The molecule has 0 unspecified atom stereocenters. The highest BCUT2D eigenvalue weighted by molar-refractivity contribution is 5.95. The Labute approximate surface area is 122 Å². The average molecular weight is 281 g/mol. The lowest BCUT2D eigenvalue weighted by molar-refractivity contribution is -0.117. The summed E-state index contributed by atoms with van der Waals surface area (Å²) in [5.41, 5.74) is 7.56. The molecule has 0 aromatic heterocycles. The van der Waals surface area contributed by atoms with E-state index in [1.807, 2.05) is 6.07 Å². The van der Waals surface area contributed by atoms with Crippen LogP contribution in [-0.2, 0) is 11.2 Å². The van der Waals surface area contributed by atoms with E-state index in [0.29, 0.717) is 17.7 Å². The molecule has 2 aromatic rings. The van der Waals surface area contributed by atoms with Crippen molar-refractivity contribution in [3.8, 4) is 11.8 Å². The molecule has 0 spiro atoms. The summed E-state index contributed by atoms with van der Waals surface area (Å²) in [5.74, 6) is -0.189. The first kappa shape index (κ1) is 14.6. The SMILES string of the molecule is N#Cc1ccccc1NC(=O)[C@@H](N)Cc1ccc(O)cc1. The van der Waals surface area contributed by atoms with E-state index in [4.69, 9.17) is 11.0 Å². The maximum Gasteiger partial charge on any atom is 0.241 e. The summed E-state index contributed by atoms with van der Waals surface area (Å²) in [6.07, 6.45) is 0.348. The number of phenols is 1. The van der Waals surface area contributed by atoms with Crippen molar-refractivity contribution in [2.45, 2.75) is 12.5 Å². The van der Waals surface area contributed by atoms with Gasteiger partial charge < -0.3 is 16.2 Å². The van der Waals surface area contributed by atoms with Crippen molar-refractivity contribution in [2.24, 2.45) is 5.73 Å². The fourth-order valence-corrected chi connectivity index (χ4v) is 1.89. The fourth-order valence-electron chi connectivity index (χ4n) is 1.89. The van der Waals surface area contributed by atoms with E-state index in [-0.39, 0.29) is 11.7 Å². The molecule has 0 aliphatic carbocycles. The van der Waals surface area contributed by atoms with Gasteiger partial charge in [-0.05, 0) is 36.2 Å². The zero-order chi connectivity index (χ0) is 15.2. The summed E-state index contributed by atoms with van der Waals surface area (Å²) in [7, 11) is 0. The van der Waals surface area contributed by atoms with Gasteiger partial charge in [-0.3, -0.25) is 4.79 Å². The van der Waals surface area contributed by atoms with Gasteiger partial charge in [-0.1, -0.05) is 24.3 Å². The van der Waals surface area contributed by atoms with E-state index in [1.54, 1.807) is 48.5 Å². The van der Waals surface area contributed by atoms with Crippen LogP contribution in [0.3, 0.4) is 0 Å². The number of para-hydroxylation sites is 1. The van der Waals surface area contributed by atoms with Crippen LogP contribution in [0.5, 0.6) is 5.75 Å². The lowest BCUT2D eigenvalue weighted by atomic mass is 10.1. The van der Waals surface area contributed by atoms with Crippen molar-refractivity contribution < 1.29 is 9.90 Å². The molecule has 2 aromatic carbocycles. The van der Waals surface area contributed by atoms with Gasteiger partial charge in [-0.25, -0.2) is 0 Å². The zero-order valence-electron chi connectivity index (χ0n) is 11.3. The number of benzene rings is 2. The van der Waals surface area contributed by atoms with E-state index < -0.39 is 6.04 Å². The van der Waals surface area contributed by atoms with Gasteiger partial charge >= 0.3 is 0 Å². The molecule has 4 N–H and O–H groups in total. The largest absolute Gasteiger partial charge is 0.508 e. The van der Waals surface area contributed by atoms with Crippen molar-refractivity contribution in [1.82, 2.24) is 0 Å². The Morgan fingerprint density at radius 1 is 1.24 bits per heavy atom. The van der Waals surface area contributed by atoms with Crippen LogP contribution >= 0.6 is 0 Å². The fraction of sp³-hybridized carbons (Fsp3) is 0.125. The van der Waals surface area contributed by atoms with Gasteiger partial charge in [0.25, 0.3) is 0 Å². The van der Waals surface area contributed by atoms with Gasteiger partial charge in [0.2, 0.25) is 5.91 Å². The Hall–Kier alpha value is -2.84. The smallest absolute Gasteiger partial charge is 0.241 e. The first-order valence-corrected chi connectivity index (χ1v) is 6.43. The summed E-state index contributed by atoms with van der Waals surface area (Å²) in [4.78, 5) is 12.1. The monoisotopic (exact) mass is 281 g/mol. The number of nitriles is 1. The van der Waals surface area contributed by atoms with E-state index in [2.05, 4.69) is 5.32 Å². The zero-order valence-corrected chi connectivity index (χ0v) is 11.3. The van der Waals surface area contributed by atoms with Crippen LogP contribution in [0.15, 0.2) is 48.5 Å². The third-order valence-electron chi connectivity index (χ3n) is 3.03. The van der Waals surface area contributed by atoms with Gasteiger partial charge in [0.15, 0.2) is 0 Å². The van der Waals surface area contributed by atoms with Gasteiger partial charge in [0.1, 0.15) is 11.8 Å². The number of phenolic OH excluding ortho intramolecular Hbond substituents is 1. The molecule has 2 rings (SSSR count). The van der Waals surface area contributed by atoms with Crippen LogP contribution in [-0.4, -0.2) is 17.1 Å². The topological polar surface area (TPSA) is 99.1 Å². The van der Waals surface area contributed by atoms with Gasteiger partial charge in [0, 0.05) is 0 Å². The number of hydrogen-bond acceptors (Lipinski definition) is 4. The van der Waals surface area contributed by atoms with Crippen LogP contribution in [0.25, 0.3) is 0 Å². The Kier molecular flexibility index (Phi) is 4.54. The molecule has 0 heterocycles. The summed E-state index contributed by atoms with van der Waals surface area (Å²) in [6.45, 7) is 0. The van der Waals surface area contributed by atoms with E-state index in [9.17, 15) is 9.90 Å². The lowest BCUT2D eigenvalue weighted by Gasteiger charge is -2.13. The van der Waals surface area contributed by atoms with Crippen LogP contribution in [0.1, 0.15) is 11.1 Å². The lowest BCUT2D eigenvalue weighted by Crippen LogP contribution is -2.37. The van der Waals surface area contributed by atoms with E-state index >= 15 is 0 Å². The molecular formula is C16H15N3O2. The molecule has 21 heavy (non-hydrogen) atoms. The van der Waals surface area contributed by atoms with Crippen molar-refractivity contribution >= 4 is 11.6 Å². The molecule has 0 aliphatic rings. The minimum absolute atomic E-state index is 0.166. The number of carbonyl (C=O) groups excluding carboxylic acids is 1. The molecule has 106 valence electrons. The molecule has 1 amide bonds. The quantitative estimate of drug-likeness (QED) is 0.795. The van der Waals surface area contributed by atoms with Crippen molar-refractivity contribution in [1.29, 1.82) is 5.26 Å². The highest BCUT2D eigenvalue weighted by Gasteiger charge is 2.15. The second kappa shape index (κ2) is 6.55. The third kappa shape index (κ3) is 3.81. The molecule has 0 saturated carbocycles. The van der Waals surface area contributed by atoms with Gasteiger partial charge in [0.05, 0.1) is 17.3 Å². The summed E-state index contributed by atoms with van der Waals surface area (Å²) in [5, 5.41) is 20.8. The first-order valence-electron chi connectivity index (χ1n) is 6.43. The molecule has 5 nitrogen and oxygen atoms in total. The molecule has 0 aliphatic heterocycles. The Bertz CT molecular complexity index is 675. The second-order valence-electron chi connectivity index (χ2n) is 4.62. The van der Waals surface area contributed by atoms with Crippen LogP contribution in [0.4, 0.5) is 5.69 Å². The number of hydrogen-bond donors (Lipinski definition) is 3. The summed E-state index contributed by atoms with van der Waals surface area (Å²) >= 11 is 0. The highest BCUT2D eigenvalue weighted by atomic mass is 16.3. The standard InChI is InChI=1S/C16H15N3O2/c17-10-12-3-1-2-4-15(12)19-16(21)14(18)9-11-5-7-13(20)8-6-11/h1-8,14,20H,9,18H2,(H,19,21)/t14-/m0/s1. The predicted octanol–water partition coefficient (Wildman–Crippen LogP) is 1.77. The number of nitrogens with two attached hydrogens (primary N) is 1. The Morgan fingerprint density at radius 2 is 1.90 bits per heavy atom. The summed E-state index contributed by atoms with van der Waals surface area (Å²) < 4.78 is 0. The van der Waals surface area contributed by atoms with Gasteiger partial charge in [-0.15, -0.1) is 0 Å². The number of rotatable bonds is 4. The molecule has 0 fully saturated rings. The van der Waals surface area contributed by atoms with E-state index in [1.165, 1.54) is 0 Å². The number of anilines is 1. The van der Waals surface area contributed by atoms with Crippen LogP contribution in [0.2, 0.25) is 0 Å². The average Bonchev–Trinajstić information content (AvgIpc) is 2.50. The minimum Gasteiger partial charge on any atom is -0.508 e. The van der Waals surface area contributed by atoms with Crippen molar-refractivity contribution in [3.05, 3.63) is 59.7 Å². The van der Waals surface area contributed by atoms with Crippen molar-refractivity contribution in [2.75, 3.05) is 5.32 Å². The Balaban J connectivity index is 2.03. The third-order valence-corrected chi connectivity index (χ3v) is 3.03. The maximum absolute atomic E-state index is 12.1. The normalized spacial score (nSPS) is 11.4. The molecule has 1 atom stereocenters. The Morgan fingerprint density at radius 3 is 2.57 bits per heavy atom. The van der Waals surface area contributed by atoms with Gasteiger partial charge in [-0.2, -0.15) is 5.26 Å². The number of nitrogens with zero attached hydrogens (tertiary/aromatic N) is 1. The number of aromatic hydroxyl groups is 1. The number of carbonyl (C=O) groups is 1. The minimum atomic E-state index is -0.735. The predicted molar refractivity (Wildman–Crippen MR) is 79.6 cm³/mol.